The van der Waals surface area contributed by atoms with Crippen molar-refractivity contribution in [2.45, 2.75) is 18.2 Å². The van der Waals surface area contributed by atoms with Crippen LogP contribution in [0.25, 0.3) is 0 Å². The van der Waals surface area contributed by atoms with E-state index in [1.165, 1.54) is 17.3 Å². The lowest BCUT2D eigenvalue weighted by Crippen LogP contribution is -2.32. The van der Waals surface area contributed by atoms with E-state index in [0.29, 0.717) is 21.6 Å². The van der Waals surface area contributed by atoms with Crippen LogP contribution in [0.2, 0.25) is 5.02 Å². The van der Waals surface area contributed by atoms with Crippen LogP contribution in [0.15, 0.2) is 97.1 Å². The van der Waals surface area contributed by atoms with Crippen molar-refractivity contribution < 1.29 is 4.79 Å². The Morgan fingerprint density at radius 1 is 0.971 bits per heavy atom. The Balaban J connectivity index is 1.52. The number of benzene rings is 3. The highest BCUT2D eigenvalue weighted by atomic mass is 79.9. The molecule has 3 aromatic rings. The highest BCUT2D eigenvalue weighted by Crippen LogP contribution is 2.51. The molecule has 2 aliphatic rings. The Hall–Kier alpha value is -2.19. The Morgan fingerprint density at radius 2 is 1.79 bits per heavy atom. The third-order valence-corrected chi connectivity index (χ3v) is 8.64. The van der Waals surface area contributed by atoms with Crippen LogP contribution in [0.3, 0.4) is 0 Å². The van der Waals surface area contributed by atoms with Gasteiger partial charge in [-0.1, -0.05) is 75.7 Å². The summed E-state index contributed by atoms with van der Waals surface area (Å²) < 4.78 is 0.953. The van der Waals surface area contributed by atoms with Gasteiger partial charge in [-0.3, -0.25) is 9.69 Å². The fourth-order valence-corrected chi connectivity index (χ4v) is 6.85. The minimum Gasteiger partial charge on any atom is -0.334 e. The molecular formula is C26H21BrClN3OS2. The summed E-state index contributed by atoms with van der Waals surface area (Å²) >= 11 is 12.9. The molecule has 2 aliphatic heterocycles. The van der Waals surface area contributed by atoms with Crippen molar-refractivity contribution in [1.29, 1.82) is 0 Å². The van der Waals surface area contributed by atoms with Crippen LogP contribution in [-0.2, 0) is 11.2 Å². The van der Waals surface area contributed by atoms with Crippen LogP contribution in [-0.4, -0.2) is 29.1 Å². The molecule has 1 fully saturated rings. The van der Waals surface area contributed by atoms with Gasteiger partial charge in [0.2, 0.25) is 0 Å². The lowest BCUT2D eigenvalue weighted by atomic mass is 10.1. The number of hydrogen-bond acceptors (Lipinski definition) is 5. The maximum absolute atomic E-state index is 13.8. The second kappa shape index (κ2) is 10.2. The standard InChI is InChI=1S/C26H21BrClN3OS2/c1-2-30-21-16-19(28)11-12-22(21)33-25(30)23-24(32)31(14-13-17-7-4-3-5-8-17)26(34-23)29-20-10-6-9-18(27)15-20/h3-12,15-16H,2,13-14H2,1H3. The van der Waals surface area contributed by atoms with Crippen molar-refractivity contribution in [3.05, 3.63) is 97.8 Å². The quantitative estimate of drug-likeness (QED) is 0.294. The fourth-order valence-electron chi connectivity index (χ4n) is 3.90. The molecule has 0 atom stereocenters. The third-order valence-electron chi connectivity index (χ3n) is 5.54. The molecule has 1 amide bonds. The van der Waals surface area contributed by atoms with E-state index >= 15 is 0 Å². The molecule has 1 saturated heterocycles. The average Bonchev–Trinajstić information content (AvgIpc) is 3.34. The Morgan fingerprint density at radius 3 is 2.56 bits per heavy atom. The zero-order valence-corrected chi connectivity index (χ0v) is 22.3. The number of carbonyl (C=O) groups excluding carboxylic acids is 1. The minimum atomic E-state index is -0.00506. The van der Waals surface area contributed by atoms with Gasteiger partial charge in [-0.05, 0) is 67.1 Å². The lowest BCUT2D eigenvalue weighted by molar-refractivity contribution is -0.122. The van der Waals surface area contributed by atoms with Crippen molar-refractivity contribution in [2.75, 3.05) is 18.0 Å². The van der Waals surface area contributed by atoms with E-state index < -0.39 is 0 Å². The number of anilines is 1. The van der Waals surface area contributed by atoms with Crippen molar-refractivity contribution in [2.24, 2.45) is 4.99 Å². The predicted octanol–water partition coefficient (Wildman–Crippen LogP) is 7.71. The molecule has 0 aliphatic carbocycles. The summed E-state index contributed by atoms with van der Waals surface area (Å²) in [7, 11) is 0. The average molecular weight is 571 g/mol. The van der Waals surface area contributed by atoms with E-state index in [1.54, 1.807) is 11.8 Å². The lowest BCUT2D eigenvalue weighted by Gasteiger charge is -2.19. The van der Waals surface area contributed by atoms with Gasteiger partial charge in [0, 0.05) is 27.5 Å². The molecular weight excluding hydrogens is 550 g/mol. The Bertz CT molecular complexity index is 1310. The zero-order valence-electron chi connectivity index (χ0n) is 18.4. The van der Waals surface area contributed by atoms with Crippen LogP contribution in [0.4, 0.5) is 11.4 Å². The molecule has 0 radical (unpaired) electrons. The second-order valence-electron chi connectivity index (χ2n) is 7.76. The number of hydrogen-bond donors (Lipinski definition) is 0. The van der Waals surface area contributed by atoms with Gasteiger partial charge < -0.3 is 4.90 Å². The SMILES string of the molecule is CCN1C(=C2SC(=Nc3cccc(Br)c3)N(CCc3ccccc3)C2=O)Sc2ccc(Cl)cc21. The van der Waals surface area contributed by atoms with E-state index in [-0.39, 0.29) is 5.91 Å². The van der Waals surface area contributed by atoms with Gasteiger partial charge in [-0.2, -0.15) is 0 Å². The van der Waals surface area contributed by atoms with Gasteiger partial charge in [-0.15, -0.1) is 0 Å². The van der Waals surface area contributed by atoms with Crippen LogP contribution in [0.5, 0.6) is 0 Å². The summed E-state index contributed by atoms with van der Waals surface area (Å²) in [6, 6.07) is 23.9. The number of rotatable bonds is 5. The fraction of sp³-hybridized carbons (Fsp3) is 0.154. The first-order chi connectivity index (χ1) is 16.5. The van der Waals surface area contributed by atoms with E-state index in [2.05, 4.69) is 39.9 Å². The number of aliphatic imine (C=N–C) groups is 1. The number of amidine groups is 1. The first-order valence-corrected chi connectivity index (χ1v) is 13.7. The first kappa shape index (κ1) is 23.5. The molecule has 0 aromatic heterocycles. The summed E-state index contributed by atoms with van der Waals surface area (Å²) in [5.41, 5.74) is 3.04. The van der Waals surface area contributed by atoms with Crippen LogP contribution in [0, 0.1) is 0 Å². The number of thioether (sulfide) groups is 2. The molecule has 172 valence electrons. The largest absolute Gasteiger partial charge is 0.334 e. The minimum absolute atomic E-state index is 0.00506. The smallest absolute Gasteiger partial charge is 0.269 e. The molecule has 34 heavy (non-hydrogen) atoms. The summed E-state index contributed by atoms with van der Waals surface area (Å²) in [5.74, 6) is -0.00506. The van der Waals surface area contributed by atoms with Crippen LogP contribution >= 0.6 is 51.1 Å². The van der Waals surface area contributed by atoms with Crippen molar-refractivity contribution in [1.82, 2.24) is 4.90 Å². The highest BCUT2D eigenvalue weighted by Gasteiger charge is 2.39. The summed E-state index contributed by atoms with van der Waals surface area (Å²) in [4.78, 5) is 24.4. The van der Waals surface area contributed by atoms with E-state index in [1.807, 2.05) is 65.6 Å². The van der Waals surface area contributed by atoms with Crippen molar-refractivity contribution in [3.8, 4) is 0 Å². The van der Waals surface area contributed by atoms with E-state index in [0.717, 1.165) is 38.7 Å². The molecule has 0 spiro atoms. The molecule has 0 bridgehead atoms. The van der Waals surface area contributed by atoms with Gasteiger partial charge in [0.05, 0.1) is 11.4 Å². The van der Waals surface area contributed by atoms with Crippen molar-refractivity contribution in [3.63, 3.8) is 0 Å². The molecule has 3 aromatic carbocycles. The van der Waals surface area contributed by atoms with Gasteiger partial charge in [0.25, 0.3) is 5.91 Å². The molecule has 5 rings (SSSR count). The zero-order chi connectivity index (χ0) is 23.7. The van der Waals surface area contributed by atoms with Gasteiger partial charge >= 0.3 is 0 Å². The Labute approximate surface area is 221 Å². The monoisotopic (exact) mass is 569 g/mol. The molecule has 2 heterocycles. The number of amides is 1. The third kappa shape index (κ3) is 4.80. The van der Waals surface area contributed by atoms with E-state index in [9.17, 15) is 4.79 Å². The number of halogens is 2. The van der Waals surface area contributed by atoms with E-state index in [4.69, 9.17) is 16.6 Å². The van der Waals surface area contributed by atoms with Gasteiger partial charge in [-0.25, -0.2) is 4.99 Å². The topological polar surface area (TPSA) is 35.9 Å². The maximum atomic E-state index is 13.8. The van der Waals surface area contributed by atoms with Crippen LogP contribution < -0.4 is 4.90 Å². The highest BCUT2D eigenvalue weighted by molar-refractivity contribution is 9.10. The molecule has 0 N–H and O–H groups in total. The first-order valence-electron chi connectivity index (χ1n) is 10.9. The summed E-state index contributed by atoms with van der Waals surface area (Å²) in [6.07, 6.45) is 0.758. The second-order valence-corrected chi connectivity index (χ2v) is 11.1. The number of nitrogens with zero attached hydrogens (tertiary/aromatic N) is 3. The molecule has 0 saturated carbocycles. The van der Waals surface area contributed by atoms with Gasteiger partial charge in [0.1, 0.15) is 9.93 Å². The number of fused-ring (bicyclic) bond motifs is 1. The normalized spacial score (nSPS) is 18.8. The number of carbonyl (C=O) groups is 1. The Kier molecular flexibility index (Phi) is 7.06. The van der Waals surface area contributed by atoms with Crippen molar-refractivity contribution >= 4 is 73.5 Å². The predicted molar refractivity (Wildman–Crippen MR) is 148 cm³/mol. The summed E-state index contributed by atoms with van der Waals surface area (Å²) in [6.45, 7) is 3.40. The van der Waals surface area contributed by atoms with Gasteiger partial charge in [0.15, 0.2) is 5.17 Å². The molecule has 0 unspecified atom stereocenters. The molecule has 8 heteroatoms. The maximum Gasteiger partial charge on any atom is 0.269 e. The van der Waals surface area contributed by atoms with Crippen LogP contribution in [0.1, 0.15) is 12.5 Å². The molecule has 4 nitrogen and oxygen atoms in total. The summed E-state index contributed by atoms with van der Waals surface area (Å²) in [5, 5.41) is 2.34.